The molecular formula is C18H15N5O4S. The van der Waals surface area contributed by atoms with Gasteiger partial charge in [-0.15, -0.1) is 5.10 Å². The van der Waals surface area contributed by atoms with E-state index >= 15 is 0 Å². The number of hydrazone groups is 1. The topological polar surface area (TPSA) is 122 Å². The van der Waals surface area contributed by atoms with Crippen LogP contribution in [0.4, 0.5) is 5.95 Å². The van der Waals surface area contributed by atoms with Crippen molar-refractivity contribution in [1.29, 1.82) is 0 Å². The average molecular weight is 397 g/mol. The lowest BCUT2D eigenvalue weighted by atomic mass is 10.1. The van der Waals surface area contributed by atoms with Crippen molar-refractivity contribution in [1.82, 2.24) is 15.2 Å². The minimum atomic E-state index is -0.0621. The molecule has 1 aliphatic rings. The fourth-order valence-electron chi connectivity index (χ4n) is 2.37. The molecule has 0 spiro atoms. The Kier molecular flexibility index (Phi) is 5.11. The van der Waals surface area contributed by atoms with E-state index in [0.717, 1.165) is 5.56 Å². The number of carbonyl (C=O) groups is 1. The Bertz CT molecular complexity index is 1020. The van der Waals surface area contributed by atoms with Crippen molar-refractivity contribution in [3.63, 3.8) is 0 Å². The summed E-state index contributed by atoms with van der Waals surface area (Å²) in [4.78, 5) is 16.6. The highest BCUT2D eigenvalue weighted by atomic mass is 32.2. The highest BCUT2D eigenvalue weighted by molar-refractivity contribution is 7.99. The van der Waals surface area contributed by atoms with Gasteiger partial charge in [0.05, 0.1) is 12.0 Å². The highest BCUT2D eigenvalue weighted by Gasteiger charge is 2.17. The molecule has 3 aromatic rings. The van der Waals surface area contributed by atoms with Crippen LogP contribution in [0, 0.1) is 0 Å². The van der Waals surface area contributed by atoms with Crippen LogP contribution in [-0.2, 0) is 0 Å². The molecule has 3 N–H and O–H groups in total. The van der Waals surface area contributed by atoms with Gasteiger partial charge in [0.25, 0.3) is 0 Å². The van der Waals surface area contributed by atoms with Crippen molar-refractivity contribution in [2.24, 2.45) is 5.10 Å². The summed E-state index contributed by atoms with van der Waals surface area (Å²) in [6.07, 6.45) is 1.58. The number of thioether (sulfide) groups is 1. The number of carbonyl (C=O) groups excluding carboxylic acids is 1. The minimum absolute atomic E-state index is 0.0621. The number of aromatic nitrogens is 3. The Labute approximate surface area is 163 Å². The number of Topliss-reactive ketones (excluding diaryl/α,β-unsaturated/α-hetero) is 1. The monoisotopic (exact) mass is 397 g/mol. The predicted molar refractivity (Wildman–Crippen MR) is 103 cm³/mol. The normalized spacial score (nSPS) is 12.4. The molecule has 0 bridgehead atoms. The van der Waals surface area contributed by atoms with Crippen LogP contribution in [0.5, 0.6) is 17.2 Å². The quantitative estimate of drug-likeness (QED) is 0.241. The number of fused-ring (bicyclic) bond motifs is 1. The van der Waals surface area contributed by atoms with Crippen LogP contribution < -0.4 is 14.9 Å². The molecule has 4 rings (SSSR count). The first-order valence-electron chi connectivity index (χ1n) is 8.23. The number of aromatic amines is 1. The third-order valence-corrected chi connectivity index (χ3v) is 4.62. The van der Waals surface area contributed by atoms with Gasteiger partial charge in [0.15, 0.2) is 17.3 Å². The maximum atomic E-state index is 12.3. The van der Waals surface area contributed by atoms with Crippen LogP contribution in [0.1, 0.15) is 15.9 Å². The zero-order chi connectivity index (χ0) is 19.3. The second-order valence-electron chi connectivity index (χ2n) is 5.71. The SMILES string of the molecule is O=C(CSc1n[nH]c(NN=Cc2ccc(O)cc2)n1)c1ccc2c(c1)OCO2. The molecule has 2 heterocycles. The van der Waals surface area contributed by atoms with Crippen molar-refractivity contribution < 1.29 is 19.4 Å². The molecule has 0 unspecified atom stereocenters. The fraction of sp³-hybridized carbons (Fsp3) is 0.111. The number of anilines is 1. The van der Waals surface area contributed by atoms with Crippen LogP contribution in [0.15, 0.2) is 52.7 Å². The highest BCUT2D eigenvalue weighted by Crippen LogP contribution is 2.33. The molecule has 0 saturated heterocycles. The third-order valence-electron chi connectivity index (χ3n) is 3.77. The molecule has 2 aromatic carbocycles. The van der Waals surface area contributed by atoms with Gasteiger partial charge in [-0.3, -0.25) is 4.79 Å². The van der Waals surface area contributed by atoms with Gasteiger partial charge in [0.2, 0.25) is 17.9 Å². The number of hydrogen-bond acceptors (Lipinski definition) is 9. The van der Waals surface area contributed by atoms with E-state index in [-0.39, 0.29) is 24.1 Å². The number of rotatable bonds is 7. The molecule has 0 amide bonds. The first kappa shape index (κ1) is 17.9. The van der Waals surface area contributed by atoms with Gasteiger partial charge < -0.3 is 14.6 Å². The van der Waals surface area contributed by atoms with Gasteiger partial charge >= 0.3 is 0 Å². The average Bonchev–Trinajstić information content (AvgIpc) is 3.36. The summed E-state index contributed by atoms with van der Waals surface area (Å²) in [5.41, 5.74) is 4.08. The Morgan fingerprint density at radius 3 is 2.93 bits per heavy atom. The number of ketones is 1. The van der Waals surface area contributed by atoms with Gasteiger partial charge in [-0.05, 0) is 48.0 Å². The fourth-order valence-corrected chi connectivity index (χ4v) is 3.07. The van der Waals surface area contributed by atoms with Crippen molar-refractivity contribution in [3.05, 3.63) is 53.6 Å². The Hall–Kier alpha value is -3.53. The maximum absolute atomic E-state index is 12.3. The summed E-state index contributed by atoms with van der Waals surface area (Å²) >= 11 is 1.21. The number of nitrogens with zero attached hydrogens (tertiary/aromatic N) is 3. The van der Waals surface area contributed by atoms with Crippen molar-refractivity contribution in [2.45, 2.75) is 5.16 Å². The minimum Gasteiger partial charge on any atom is -0.508 e. The van der Waals surface area contributed by atoms with Crippen LogP contribution in [0.3, 0.4) is 0 Å². The lowest BCUT2D eigenvalue weighted by molar-refractivity contribution is 0.102. The summed E-state index contributed by atoms with van der Waals surface area (Å²) < 4.78 is 10.5. The molecule has 142 valence electrons. The molecule has 0 saturated carbocycles. The standard InChI is InChI=1S/C18H15N5O4S/c24-13-4-1-11(2-5-13)8-19-21-17-20-18(23-22-17)28-9-14(25)12-3-6-15-16(7-12)27-10-26-15/h1-8,24H,9-10H2,(H2,20,21,22,23). The van der Waals surface area contributed by atoms with Crippen LogP contribution in [0.2, 0.25) is 0 Å². The molecule has 10 heteroatoms. The number of ether oxygens (including phenoxy) is 2. The van der Waals surface area contributed by atoms with E-state index in [2.05, 4.69) is 25.7 Å². The van der Waals surface area contributed by atoms with E-state index in [4.69, 9.17) is 9.47 Å². The molecule has 9 nitrogen and oxygen atoms in total. The molecule has 28 heavy (non-hydrogen) atoms. The summed E-state index contributed by atoms with van der Waals surface area (Å²) in [6.45, 7) is 0.171. The van der Waals surface area contributed by atoms with Crippen LogP contribution in [-0.4, -0.2) is 44.8 Å². The first-order chi connectivity index (χ1) is 13.7. The van der Waals surface area contributed by atoms with E-state index in [9.17, 15) is 9.90 Å². The van der Waals surface area contributed by atoms with Crippen LogP contribution >= 0.6 is 11.8 Å². The molecule has 1 aliphatic heterocycles. The van der Waals surface area contributed by atoms with E-state index in [0.29, 0.717) is 28.2 Å². The number of phenolic OH excluding ortho intramolecular Hbond substituents is 1. The number of H-pyrrole nitrogens is 1. The van der Waals surface area contributed by atoms with E-state index in [1.165, 1.54) is 11.8 Å². The summed E-state index contributed by atoms with van der Waals surface area (Å²) in [7, 11) is 0. The molecule has 1 aromatic heterocycles. The second-order valence-corrected chi connectivity index (χ2v) is 6.65. The Balaban J connectivity index is 1.29. The van der Waals surface area contributed by atoms with Gasteiger partial charge in [-0.2, -0.15) is 10.1 Å². The number of benzene rings is 2. The molecule has 0 atom stereocenters. The van der Waals surface area contributed by atoms with Crippen molar-refractivity contribution >= 4 is 29.7 Å². The Morgan fingerprint density at radius 1 is 1.25 bits per heavy atom. The lowest BCUT2D eigenvalue weighted by Gasteiger charge is -2.01. The Morgan fingerprint density at radius 2 is 2.07 bits per heavy atom. The molecule has 0 aliphatic carbocycles. The molecule has 0 radical (unpaired) electrons. The zero-order valence-corrected chi connectivity index (χ0v) is 15.3. The van der Waals surface area contributed by atoms with E-state index in [1.54, 1.807) is 48.7 Å². The van der Waals surface area contributed by atoms with E-state index < -0.39 is 0 Å². The van der Waals surface area contributed by atoms with Crippen LogP contribution in [0.25, 0.3) is 0 Å². The maximum Gasteiger partial charge on any atom is 0.240 e. The smallest absolute Gasteiger partial charge is 0.240 e. The number of nitrogens with one attached hydrogen (secondary N) is 2. The predicted octanol–water partition coefficient (Wildman–Crippen LogP) is 2.66. The van der Waals surface area contributed by atoms with E-state index in [1.807, 2.05) is 0 Å². The zero-order valence-electron chi connectivity index (χ0n) is 14.5. The van der Waals surface area contributed by atoms with Crippen molar-refractivity contribution in [3.8, 4) is 17.2 Å². The second kappa shape index (κ2) is 8.01. The molecular weight excluding hydrogens is 382 g/mol. The number of phenols is 1. The van der Waals surface area contributed by atoms with Gasteiger partial charge in [0.1, 0.15) is 5.75 Å². The van der Waals surface area contributed by atoms with Gasteiger partial charge in [-0.1, -0.05) is 11.8 Å². The van der Waals surface area contributed by atoms with Gasteiger partial charge in [0, 0.05) is 5.56 Å². The lowest BCUT2D eigenvalue weighted by Crippen LogP contribution is -2.02. The summed E-state index contributed by atoms with van der Waals surface area (Å²) in [5.74, 6) is 1.89. The van der Waals surface area contributed by atoms with Crippen molar-refractivity contribution in [2.75, 3.05) is 18.0 Å². The largest absolute Gasteiger partial charge is 0.508 e. The third kappa shape index (κ3) is 4.23. The first-order valence-corrected chi connectivity index (χ1v) is 9.22. The number of hydrogen-bond donors (Lipinski definition) is 3. The summed E-state index contributed by atoms with van der Waals surface area (Å²) in [5, 5.41) is 20.5. The van der Waals surface area contributed by atoms with Gasteiger partial charge in [-0.25, -0.2) is 10.5 Å². The number of aromatic hydroxyl groups is 1. The molecule has 0 fully saturated rings. The summed E-state index contributed by atoms with van der Waals surface area (Å²) in [6, 6.07) is 11.7.